The zero-order valence-electron chi connectivity index (χ0n) is 11.5. The first-order chi connectivity index (χ1) is 7.43. The van der Waals surface area contributed by atoms with Gasteiger partial charge in [-0.25, -0.2) is 0 Å². The summed E-state index contributed by atoms with van der Waals surface area (Å²) in [5, 5.41) is 0. The van der Waals surface area contributed by atoms with Crippen LogP contribution in [0.15, 0.2) is 24.3 Å². The Balaban J connectivity index is 2.58. The topological polar surface area (TPSA) is 0 Å². The van der Waals surface area contributed by atoms with E-state index < -0.39 is 0 Å². The van der Waals surface area contributed by atoms with Crippen LogP contribution in [0.2, 0.25) is 0 Å². The molecule has 1 aromatic rings. The molecule has 0 N–H and O–H groups in total. The maximum atomic E-state index is 2.34. The highest BCUT2D eigenvalue weighted by Gasteiger charge is 2.12. The smallest absolute Gasteiger partial charge is 0.0132 e. The summed E-state index contributed by atoms with van der Waals surface area (Å²) in [6.07, 6.45) is 3.82. The van der Waals surface area contributed by atoms with Crippen LogP contribution in [0.3, 0.4) is 0 Å². The number of hydrogen-bond acceptors (Lipinski definition) is 0. The second-order valence-corrected chi connectivity index (χ2v) is 6.00. The molecule has 0 heteroatoms. The third-order valence-corrected chi connectivity index (χ3v) is 3.44. The van der Waals surface area contributed by atoms with Gasteiger partial charge < -0.3 is 0 Å². The lowest BCUT2D eigenvalue weighted by Crippen LogP contribution is -2.10. The summed E-state index contributed by atoms with van der Waals surface area (Å²) in [6.45, 7) is 11.4. The summed E-state index contributed by atoms with van der Waals surface area (Å²) in [5.41, 5.74) is 3.18. The van der Waals surface area contributed by atoms with Gasteiger partial charge in [-0.05, 0) is 35.3 Å². The standard InChI is InChI=1S/C16H26/c1-6-13(2)7-8-14-9-11-15(12-10-14)16(3,4)5/h9-13H,6-8H2,1-5H3. The van der Waals surface area contributed by atoms with Crippen LogP contribution < -0.4 is 0 Å². The van der Waals surface area contributed by atoms with Crippen molar-refractivity contribution in [3.8, 4) is 0 Å². The van der Waals surface area contributed by atoms with Crippen molar-refractivity contribution in [2.75, 3.05) is 0 Å². The van der Waals surface area contributed by atoms with Crippen LogP contribution in [-0.2, 0) is 11.8 Å². The van der Waals surface area contributed by atoms with Crippen molar-refractivity contribution in [2.24, 2.45) is 5.92 Å². The van der Waals surface area contributed by atoms with Gasteiger partial charge in [-0.2, -0.15) is 0 Å². The molecule has 0 amide bonds. The third kappa shape index (κ3) is 4.00. The molecule has 0 radical (unpaired) electrons. The minimum Gasteiger partial charge on any atom is -0.0651 e. The molecular formula is C16H26. The maximum absolute atomic E-state index is 2.34. The van der Waals surface area contributed by atoms with E-state index in [0.717, 1.165) is 5.92 Å². The van der Waals surface area contributed by atoms with Crippen molar-refractivity contribution in [3.05, 3.63) is 35.4 Å². The van der Waals surface area contributed by atoms with Crippen molar-refractivity contribution in [1.82, 2.24) is 0 Å². The SMILES string of the molecule is CCC(C)CCc1ccc(C(C)(C)C)cc1. The Morgan fingerprint density at radius 1 is 1.06 bits per heavy atom. The van der Waals surface area contributed by atoms with Gasteiger partial charge in [0.15, 0.2) is 0 Å². The Morgan fingerprint density at radius 2 is 1.62 bits per heavy atom. The molecule has 1 rings (SSSR count). The number of rotatable bonds is 4. The lowest BCUT2D eigenvalue weighted by Gasteiger charge is -2.19. The van der Waals surface area contributed by atoms with Gasteiger partial charge in [0, 0.05) is 0 Å². The second kappa shape index (κ2) is 5.52. The summed E-state index contributed by atoms with van der Waals surface area (Å²) < 4.78 is 0. The highest BCUT2D eigenvalue weighted by Crippen LogP contribution is 2.22. The maximum Gasteiger partial charge on any atom is -0.0132 e. The molecule has 1 aromatic carbocycles. The molecule has 0 fully saturated rings. The molecule has 0 spiro atoms. The highest BCUT2D eigenvalue weighted by molar-refractivity contribution is 5.27. The molecule has 0 aliphatic carbocycles. The van der Waals surface area contributed by atoms with Gasteiger partial charge in [-0.3, -0.25) is 0 Å². The molecule has 0 bridgehead atoms. The number of hydrogen-bond donors (Lipinski definition) is 0. The Bertz CT molecular complexity index is 300. The summed E-state index contributed by atoms with van der Waals surface area (Å²) >= 11 is 0. The van der Waals surface area contributed by atoms with E-state index in [4.69, 9.17) is 0 Å². The average molecular weight is 218 g/mol. The van der Waals surface area contributed by atoms with E-state index >= 15 is 0 Å². The molecule has 90 valence electrons. The fourth-order valence-electron chi connectivity index (χ4n) is 1.79. The first kappa shape index (κ1) is 13.3. The minimum atomic E-state index is 0.273. The molecule has 16 heavy (non-hydrogen) atoms. The largest absolute Gasteiger partial charge is 0.0651 e. The van der Waals surface area contributed by atoms with Crippen molar-refractivity contribution >= 4 is 0 Å². The normalized spacial score (nSPS) is 13.8. The Hall–Kier alpha value is -0.780. The predicted octanol–water partition coefficient (Wildman–Crippen LogP) is 4.96. The monoisotopic (exact) mass is 218 g/mol. The first-order valence-corrected chi connectivity index (χ1v) is 6.53. The van der Waals surface area contributed by atoms with Gasteiger partial charge >= 0.3 is 0 Å². The zero-order valence-corrected chi connectivity index (χ0v) is 11.5. The molecule has 0 saturated carbocycles. The average Bonchev–Trinajstić information content (AvgIpc) is 2.25. The van der Waals surface area contributed by atoms with Crippen molar-refractivity contribution < 1.29 is 0 Å². The lowest BCUT2D eigenvalue weighted by atomic mass is 9.86. The molecular weight excluding hydrogens is 192 g/mol. The lowest BCUT2D eigenvalue weighted by molar-refractivity contribution is 0.516. The molecule has 0 aliphatic rings. The summed E-state index contributed by atoms with van der Waals surface area (Å²) in [5.74, 6) is 0.849. The molecule has 0 heterocycles. The molecule has 0 nitrogen and oxygen atoms in total. The zero-order chi connectivity index (χ0) is 12.2. The Morgan fingerprint density at radius 3 is 2.06 bits per heavy atom. The predicted molar refractivity (Wildman–Crippen MR) is 72.9 cm³/mol. The van der Waals surface area contributed by atoms with Gasteiger partial charge in [0.05, 0.1) is 0 Å². The van der Waals surface area contributed by atoms with Gasteiger partial charge in [0.1, 0.15) is 0 Å². The Kier molecular flexibility index (Phi) is 4.58. The van der Waals surface area contributed by atoms with Crippen molar-refractivity contribution in [1.29, 1.82) is 0 Å². The first-order valence-electron chi connectivity index (χ1n) is 6.53. The molecule has 0 aliphatic heterocycles. The minimum absolute atomic E-state index is 0.273. The fraction of sp³-hybridized carbons (Fsp3) is 0.625. The Labute approximate surface area is 101 Å². The van der Waals surface area contributed by atoms with Crippen molar-refractivity contribution in [3.63, 3.8) is 0 Å². The number of benzene rings is 1. The van der Waals surface area contributed by atoms with Crippen LogP contribution in [0, 0.1) is 5.92 Å². The highest BCUT2D eigenvalue weighted by atomic mass is 14.2. The quantitative estimate of drug-likeness (QED) is 0.670. The van der Waals surface area contributed by atoms with Gasteiger partial charge in [0.25, 0.3) is 0 Å². The van der Waals surface area contributed by atoms with E-state index in [1.165, 1.54) is 30.4 Å². The summed E-state index contributed by atoms with van der Waals surface area (Å²) in [7, 11) is 0. The summed E-state index contributed by atoms with van der Waals surface area (Å²) in [4.78, 5) is 0. The van der Waals surface area contributed by atoms with Gasteiger partial charge in [0.2, 0.25) is 0 Å². The number of aryl methyl sites for hydroxylation is 1. The van der Waals surface area contributed by atoms with Crippen molar-refractivity contribution in [2.45, 2.75) is 59.3 Å². The van der Waals surface area contributed by atoms with E-state index in [0.29, 0.717) is 0 Å². The van der Waals surface area contributed by atoms with Gasteiger partial charge in [-0.1, -0.05) is 65.3 Å². The van der Waals surface area contributed by atoms with Crippen LogP contribution in [0.25, 0.3) is 0 Å². The van der Waals surface area contributed by atoms with Crippen LogP contribution in [-0.4, -0.2) is 0 Å². The van der Waals surface area contributed by atoms with Crippen LogP contribution in [0.1, 0.15) is 58.6 Å². The van der Waals surface area contributed by atoms with E-state index in [-0.39, 0.29) is 5.41 Å². The van der Waals surface area contributed by atoms with Crippen LogP contribution in [0.4, 0.5) is 0 Å². The molecule has 0 aromatic heterocycles. The molecule has 0 saturated heterocycles. The molecule has 1 atom stereocenters. The van der Waals surface area contributed by atoms with E-state index in [9.17, 15) is 0 Å². The third-order valence-electron chi connectivity index (χ3n) is 3.44. The van der Waals surface area contributed by atoms with E-state index in [2.05, 4.69) is 58.9 Å². The molecule has 1 unspecified atom stereocenters. The van der Waals surface area contributed by atoms with Crippen LogP contribution >= 0.6 is 0 Å². The van der Waals surface area contributed by atoms with Crippen LogP contribution in [0.5, 0.6) is 0 Å². The fourth-order valence-corrected chi connectivity index (χ4v) is 1.79. The second-order valence-electron chi connectivity index (χ2n) is 6.00. The van der Waals surface area contributed by atoms with E-state index in [1.54, 1.807) is 0 Å². The van der Waals surface area contributed by atoms with E-state index in [1.807, 2.05) is 0 Å². The summed E-state index contributed by atoms with van der Waals surface area (Å²) in [6, 6.07) is 9.16. The van der Waals surface area contributed by atoms with Gasteiger partial charge in [-0.15, -0.1) is 0 Å².